The fourth-order valence-electron chi connectivity index (χ4n) is 1.74. The molecular weight excluding hydrogens is 268 g/mol. The molecule has 0 bridgehead atoms. The summed E-state index contributed by atoms with van der Waals surface area (Å²) >= 11 is 5.86. The number of nitro benzene ring substituents is 1. The van der Waals surface area contributed by atoms with Crippen LogP contribution in [0.15, 0.2) is 30.6 Å². The first kappa shape index (κ1) is 13.4. The van der Waals surface area contributed by atoms with Crippen LogP contribution in [0.4, 0.5) is 11.4 Å². The molecule has 0 spiro atoms. The Balaban J connectivity index is 2.15. The third-order valence-corrected chi connectivity index (χ3v) is 3.06. The van der Waals surface area contributed by atoms with E-state index < -0.39 is 4.92 Å². The second-order valence-corrected chi connectivity index (χ2v) is 4.64. The highest BCUT2D eigenvalue weighted by Gasteiger charge is 2.13. The van der Waals surface area contributed by atoms with Gasteiger partial charge in [-0.15, -0.1) is 0 Å². The third kappa shape index (κ3) is 3.03. The van der Waals surface area contributed by atoms with Gasteiger partial charge in [-0.1, -0.05) is 11.6 Å². The molecule has 1 heterocycles. The first-order valence-corrected chi connectivity index (χ1v) is 6.04. The lowest BCUT2D eigenvalue weighted by molar-refractivity contribution is -0.384. The highest BCUT2D eigenvalue weighted by molar-refractivity contribution is 6.32. The number of aryl methyl sites for hydroxylation is 1. The standard InChI is InChI=1S/C12H13ClN4O2/c1-8(9-6-14-16(2)7-9)15-10-3-4-12(17(18)19)11(13)5-10/h3-8,15H,1-2H3. The topological polar surface area (TPSA) is 73.0 Å². The van der Waals surface area contributed by atoms with Crippen LogP contribution in [0.5, 0.6) is 0 Å². The summed E-state index contributed by atoms with van der Waals surface area (Å²) in [6, 6.07) is 4.61. The quantitative estimate of drug-likeness (QED) is 0.690. The van der Waals surface area contributed by atoms with E-state index in [1.807, 2.05) is 20.2 Å². The molecule has 6 nitrogen and oxygen atoms in total. The van der Waals surface area contributed by atoms with E-state index in [-0.39, 0.29) is 16.8 Å². The summed E-state index contributed by atoms with van der Waals surface area (Å²) in [5.41, 5.74) is 1.66. The summed E-state index contributed by atoms with van der Waals surface area (Å²) in [6.45, 7) is 1.98. The van der Waals surface area contributed by atoms with E-state index in [0.717, 1.165) is 11.3 Å². The van der Waals surface area contributed by atoms with Crippen molar-refractivity contribution in [1.29, 1.82) is 0 Å². The Morgan fingerprint density at radius 3 is 2.79 bits per heavy atom. The van der Waals surface area contributed by atoms with Crippen LogP contribution >= 0.6 is 11.6 Å². The smallest absolute Gasteiger partial charge is 0.288 e. The van der Waals surface area contributed by atoms with Gasteiger partial charge in [-0.2, -0.15) is 5.10 Å². The number of halogens is 1. The third-order valence-electron chi connectivity index (χ3n) is 2.75. The molecule has 7 heteroatoms. The lowest BCUT2D eigenvalue weighted by atomic mass is 10.2. The van der Waals surface area contributed by atoms with Gasteiger partial charge in [0.05, 0.1) is 17.2 Å². The Bertz CT molecular complexity index is 612. The molecule has 0 amide bonds. The number of hydrogen-bond donors (Lipinski definition) is 1. The van der Waals surface area contributed by atoms with Gasteiger partial charge in [-0.3, -0.25) is 14.8 Å². The molecule has 1 aromatic carbocycles. The maximum absolute atomic E-state index is 10.7. The Hall–Kier alpha value is -2.08. The van der Waals surface area contributed by atoms with Crippen LogP contribution in [-0.4, -0.2) is 14.7 Å². The molecule has 1 atom stereocenters. The lowest BCUT2D eigenvalue weighted by Crippen LogP contribution is -2.05. The number of anilines is 1. The SMILES string of the molecule is CC(Nc1ccc([N+](=O)[O-])c(Cl)c1)c1cnn(C)c1. The summed E-state index contributed by atoms with van der Waals surface area (Å²) in [7, 11) is 1.85. The largest absolute Gasteiger partial charge is 0.378 e. The Morgan fingerprint density at radius 1 is 1.53 bits per heavy atom. The average molecular weight is 281 g/mol. The molecule has 0 radical (unpaired) electrons. The predicted molar refractivity (Wildman–Crippen MR) is 73.4 cm³/mol. The van der Waals surface area contributed by atoms with Crippen molar-refractivity contribution in [3.63, 3.8) is 0 Å². The van der Waals surface area contributed by atoms with Crippen molar-refractivity contribution in [3.05, 3.63) is 51.3 Å². The molecule has 100 valence electrons. The molecule has 0 aliphatic carbocycles. The van der Waals surface area contributed by atoms with Crippen molar-refractivity contribution in [3.8, 4) is 0 Å². The molecule has 1 unspecified atom stereocenters. The van der Waals surface area contributed by atoms with Gasteiger partial charge >= 0.3 is 0 Å². The zero-order valence-electron chi connectivity index (χ0n) is 10.5. The highest BCUT2D eigenvalue weighted by Crippen LogP contribution is 2.28. The fraction of sp³-hybridized carbons (Fsp3) is 0.250. The van der Waals surface area contributed by atoms with E-state index in [4.69, 9.17) is 11.6 Å². The van der Waals surface area contributed by atoms with Crippen molar-refractivity contribution in [1.82, 2.24) is 9.78 Å². The lowest BCUT2D eigenvalue weighted by Gasteiger charge is -2.13. The molecule has 19 heavy (non-hydrogen) atoms. The van der Waals surface area contributed by atoms with Crippen molar-refractivity contribution in [2.45, 2.75) is 13.0 Å². The van der Waals surface area contributed by atoms with E-state index >= 15 is 0 Å². The minimum atomic E-state index is -0.503. The van der Waals surface area contributed by atoms with E-state index in [0.29, 0.717) is 0 Å². The summed E-state index contributed by atoms with van der Waals surface area (Å²) in [5.74, 6) is 0. The number of nitro groups is 1. The van der Waals surface area contributed by atoms with Gasteiger partial charge < -0.3 is 5.32 Å². The zero-order chi connectivity index (χ0) is 14.0. The van der Waals surface area contributed by atoms with Gasteiger partial charge in [-0.05, 0) is 19.1 Å². The molecule has 2 rings (SSSR count). The molecule has 2 aromatic rings. The number of nitrogens with one attached hydrogen (secondary N) is 1. The molecule has 1 aromatic heterocycles. The van der Waals surface area contributed by atoms with Gasteiger partial charge in [-0.25, -0.2) is 0 Å². The normalized spacial score (nSPS) is 12.2. The number of benzene rings is 1. The summed E-state index contributed by atoms with van der Waals surface area (Å²) in [4.78, 5) is 10.2. The molecular formula is C12H13ClN4O2. The van der Waals surface area contributed by atoms with Crippen LogP contribution in [0.3, 0.4) is 0 Å². The predicted octanol–water partition coefficient (Wildman–Crippen LogP) is 3.15. The van der Waals surface area contributed by atoms with Crippen molar-refractivity contribution in [2.24, 2.45) is 7.05 Å². The van der Waals surface area contributed by atoms with Crippen LogP contribution in [0, 0.1) is 10.1 Å². The number of rotatable bonds is 4. The second kappa shape index (κ2) is 5.27. The first-order chi connectivity index (χ1) is 8.97. The second-order valence-electron chi connectivity index (χ2n) is 4.24. The van der Waals surface area contributed by atoms with Crippen LogP contribution in [0.1, 0.15) is 18.5 Å². The van der Waals surface area contributed by atoms with Gasteiger partial charge in [0.2, 0.25) is 0 Å². The van der Waals surface area contributed by atoms with E-state index in [9.17, 15) is 10.1 Å². The molecule has 0 fully saturated rings. The summed E-state index contributed by atoms with van der Waals surface area (Å²) in [6.07, 6.45) is 3.68. The number of hydrogen-bond acceptors (Lipinski definition) is 4. The average Bonchev–Trinajstić information content (AvgIpc) is 2.75. The summed E-state index contributed by atoms with van der Waals surface area (Å²) < 4.78 is 1.72. The zero-order valence-corrected chi connectivity index (χ0v) is 11.3. The minimum absolute atomic E-state index is 0.0335. The Morgan fingerprint density at radius 2 is 2.26 bits per heavy atom. The Labute approximate surface area is 115 Å². The van der Waals surface area contributed by atoms with Crippen LogP contribution in [0.25, 0.3) is 0 Å². The van der Waals surface area contributed by atoms with Gasteiger partial charge in [0.15, 0.2) is 0 Å². The molecule has 1 N–H and O–H groups in total. The maximum atomic E-state index is 10.7. The van der Waals surface area contributed by atoms with Gasteiger partial charge in [0.1, 0.15) is 5.02 Å². The molecule has 0 aliphatic heterocycles. The minimum Gasteiger partial charge on any atom is -0.378 e. The van der Waals surface area contributed by atoms with Crippen molar-refractivity contribution in [2.75, 3.05) is 5.32 Å². The van der Waals surface area contributed by atoms with E-state index in [1.165, 1.54) is 6.07 Å². The number of nitrogens with zero attached hydrogens (tertiary/aromatic N) is 3. The van der Waals surface area contributed by atoms with E-state index in [2.05, 4.69) is 10.4 Å². The van der Waals surface area contributed by atoms with Gasteiger partial charge in [0.25, 0.3) is 5.69 Å². The van der Waals surface area contributed by atoms with E-state index in [1.54, 1.807) is 23.0 Å². The Kier molecular flexibility index (Phi) is 3.71. The molecule has 0 saturated carbocycles. The van der Waals surface area contributed by atoms with Crippen LogP contribution in [0.2, 0.25) is 5.02 Å². The summed E-state index contributed by atoms with van der Waals surface area (Å²) in [5, 5.41) is 18.1. The van der Waals surface area contributed by atoms with Crippen molar-refractivity contribution < 1.29 is 4.92 Å². The van der Waals surface area contributed by atoms with Gasteiger partial charge in [0, 0.05) is 30.6 Å². The fourth-order valence-corrected chi connectivity index (χ4v) is 1.99. The highest BCUT2D eigenvalue weighted by atomic mass is 35.5. The van der Waals surface area contributed by atoms with Crippen molar-refractivity contribution >= 4 is 23.0 Å². The van der Waals surface area contributed by atoms with Crippen LogP contribution in [-0.2, 0) is 7.05 Å². The molecule has 0 saturated heterocycles. The van der Waals surface area contributed by atoms with Crippen LogP contribution < -0.4 is 5.32 Å². The monoisotopic (exact) mass is 280 g/mol. The number of aromatic nitrogens is 2. The molecule has 0 aliphatic rings. The maximum Gasteiger partial charge on any atom is 0.288 e. The first-order valence-electron chi connectivity index (χ1n) is 5.66.